The number of carbonyl (C=O) groups is 1. The van der Waals surface area contributed by atoms with Gasteiger partial charge in [0.25, 0.3) is 0 Å². The van der Waals surface area contributed by atoms with Gasteiger partial charge in [-0.1, -0.05) is 26.0 Å². The summed E-state index contributed by atoms with van der Waals surface area (Å²) < 4.78 is 25.3. The van der Waals surface area contributed by atoms with E-state index in [9.17, 15) is 13.2 Å². The Bertz CT molecular complexity index is 844. The van der Waals surface area contributed by atoms with E-state index in [1.165, 1.54) is 16.9 Å². The minimum absolute atomic E-state index is 0.179. The van der Waals surface area contributed by atoms with Crippen molar-refractivity contribution in [1.29, 1.82) is 0 Å². The fourth-order valence-corrected chi connectivity index (χ4v) is 3.39. The molecule has 0 saturated heterocycles. The van der Waals surface area contributed by atoms with Crippen LogP contribution in [0.3, 0.4) is 0 Å². The summed E-state index contributed by atoms with van der Waals surface area (Å²) in [4.78, 5) is 14.4. The van der Waals surface area contributed by atoms with E-state index in [-0.39, 0.29) is 10.9 Å². The number of amides is 2. The second-order valence-electron chi connectivity index (χ2n) is 5.82. The number of nitrogens with zero attached hydrogens (tertiary/aromatic N) is 3. The molecule has 2 aromatic rings. The third kappa shape index (κ3) is 5.30. The van der Waals surface area contributed by atoms with Crippen molar-refractivity contribution in [3.05, 3.63) is 36.7 Å². The van der Waals surface area contributed by atoms with E-state index >= 15 is 0 Å². The Balaban J connectivity index is 2.02. The van der Waals surface area contributed by atoms with Crippen molar-refractivity contribution in [1.82, 2.24) is 20.0 Å². The highest BCUT2D eigenvalue weighted by Crippen LogP contribution is 2.20. The molecule has 0 bridgehead atoms. The van der Waals surface area contributed by atoms with Crippen LogP contribution in [-0.4, -0.2) is 61.6 Å². The molecule has 2 amide bonds. The number of hydrogen-bond donors (Lipinski definition) is 2. The molecule has 0 aliphatic heterocycles. The van der Waals surface area contributed by atoms with Gasteiger partial charge in [-0.15, -0.1) is 0 Å². The number of urea groups is 1. The van der Waals surface area contributed by atoms with Crippen LogP contribution in [0.25, 0.3) is 5.69 Å². The number of para-hydroxylation sites is 1. The molecule has 2 rings (SSSR count). The molecule has 0 radical (unpaired) electrons. The number of aromatic nitrogens is 2. The zero-order chi connectivity index (χ0) is 19.2. The van der Waals surface area contributed by atoms with Crippen LogP contribution in [0, 0.1) is 0 Å². The van der Waals surface area contributed by atoms with Gasteiger partial charge in [0.1, 0.15) is 0 Å². The molecule has 142 valence electrons. The SMILES string of the molecule is CCN(CC)CCNC(=O)Nc1cnn(-c2ccccc2S(C)(=O)=O)c1. The predicted octanol–water partition coefficient (Wildman–Crippen LogP) is 1.74. The predicted molar refractivity (Wildman–Crippen MR) is 101 cm³/mol. The first-order valence-electron chi connectivity index (χ1n) is 8.46. The number of likely N-dealkylation sites (N-methyl/N-ethyl adjacent to an activating group) is 1. The Morgan fingerprint density at radius 2 is 1.92 bits per heavy atom. The molecule has 1 aromatic carbocycles. The van der Waals surface area contributed by atoms with Crippen LogP contribution in [0.15, 0.2) is 41.6 Å². The molecule has 0 atom stereocenters. The number of sulfone groups is 1. The third-order valence-electron chi connectivity index (χ3n) is 3.96. The quantitative estimate of drug-likeness (QED) is 0.728. The number of benzene rings is 1. The average Bonchev–Trinajstić information content (AvgIpc) is 3.06. The Hall–Kier alpha value is -2.39. The monoisotopic (exact) mass is 379 g/mol. The molecule has 1 heterocycles. The number of anilines is 1. The van der Waals surface area contributed by atoms with E-state index in [0.717, 1.165) is 25.9 Å². The van der Waals surface area contributed by atoms with E-state index < -0.39 is 9.84 Å². The van der Waals surface area contributed by atoms with Crippen LogP contribution in [0.1, 0.15) is 13.8 Å². The van der Waals surface area contributed by atoms with E-state index in [4.69, 9.17) is 0 Å². The van der Waals surface area contributed by atoms with Gasteiger partial charge in [0.05, 0.1) is 28.7 Å². The van der Waals surface area contributed by atoms with E-state index in [1.807, 2.05) is 0 Å². The van der Waals surface area contributed by atoms with Crippen molar-refractivity contribution < 1.29 is 13.2 Å². The number of carbonyl (C=O) groups excluding carboxylic acids is 1. The molecule has 1 aromatic heterocycles. The molecular formula is C17H25N5O3S. The molecule has 0 spiro atoms. The van der Waals surface area contributed by atoms with Gasteiger partial charge in [-0.3, -0.25) is 0 Å². The van der Waals surface area contributed by atoms with Gasteiger partial charge in [-0.25, -0.2) is 17.9 Å². The summed E-state index contributed by atoms with van der Waals surface area (Å²) in [7, 11) is -3.39. The Morgan fingerprint density at radius 1 is 1.23 bits per heavy atom. The van der Waals surface area contributed by atoms with Gasteiger partial charge in [0, 0.05) is 19.3 Å². The van der Waals surface area contributed by atoms with E-state index in [0.29, 0.717) is 17.9 Å². The van der Waals surface area contributed by atoms with Crippen LogP contribution in [0.5, 0.6) is 0 Å². The Morgan fingerprint density at radius 3 is 2.58 bits per heavy atom. The van der Waals surface area contributed by atoms with Crippen molar-refractivity contribution in [2.45, 2.75) is 18.7 Å². The van der Waals surface area contributed by atoms with Gasteiger partial charge in [0.2, 0.25) is 0 Å². The van der Waals surface area contributed by atoms with Crippen LogP contribution >= 0.6 is 0 Å². The maximum absolute atomic E-state index is 12.0. The first kappa shape index (κ1) is 19.9. The zero-order valence-electron chi connectivity index (χ0n) is 15.3. The summed E-state index contributed by atoms with van der Waals surface area (Å²) in [6, 6.07) is 6.26. The van der Waals surface area contributed by atoms with Gasteiger partial charge in [0.15, 0.2) is 9.84 Å². The largest absolute Gasteiger partial charge is 0.337 e. The van der Waals surface area contributed by atoms with Crippen LogP contribution in [0.2, 0.25) is 0 Å². The lowest BCUT2D eigenvalue weighted by molar-refractivity contribution is 0.248. The van der Waals surface area contributed by atoms with Crippen molar-refractivity contribution in [3.63, 3.8) is 0 Å². The molecule has 0 unspecified atom stereocenters. The molecular weight excluding hydrogens is 354 g/mol. The normalized spacial score (nSPS) is 11.5. The number of nitrogens with one attached hydrogen (secondary N) is 2. The third-order valence-corrected chi connectivity index (χ3v) is 5.10. The summed E-state index contributed by atoms with van der Waals surface area (Å²) in [5.41, 5.74) is 0.915. The fraction of sp³-hybridized carbons (Fsp3) is 0.412. The fourth-order valence-electron chi connectivity index (χ4n) is 2.52. The summed E-state index contributed by atoms with van der Waals surface area (Å²) in [5.74, 6) is 0. The first-order chi connectivity index (χ1) is 12.3. The first-order valence-corrected chi connectivity index (χ1v) is 10.4. The molecule has 2 N–H and O–H groups in total. The highest BCUT2D eigenvalue weighted by Gasteiger charge is 2.15. The van der Waals surface area contributed by atoms with Crippen molar-refractivity contribution in [2.24, 2.45) is 0 Å². The lowest BCUT2D eigenvalue weighted by Crippen LogP contribution is -2.36. The highest BCUT2D eigenvalue weighted by molar-refractivity contribution is 7.90. The van der Waals surface area contributed by atoms with E-state index in [2.05, 4.69) is 34.5 Å². The van der Waals surface area contributed by atoms with Gasteiger partial charge < -0.3 is 15.5 Å². The van der Waals surface area contributed by atoms with Crippen LogP contribution in [0.4, 0.5) is 10.5 Å². The molecule has 9 heteroatoms. The minimum Gasteiger partial charge on any atom is -0.337 e. The molecule has 0 saturated carbocycles. The van der Waals surface area contributed by atoms with Gasteiger partial charge in [-0.05, 0) is 25.2 Å². The standard InChI is InChI=1S/C17H25N5O3S/c1-4-21(5-2)11-10-18-17(23)20-14-12-19-22(13-14)15-8-6-7-9-16(15)26(3,24)25/h6-9,12-13H,4-5,10-11H2,1-3H3,(H2,18,20,23). The molecule has 8 nitrogen and oxygen atoms in total. The number of rotatable bonds is 8. The van der Waals surface area contributed by atoms with Crippen molar-refractivity contribution in [2.75, 3.05) is 37.8 Å². The smallest absolute Gasteiger partial charge is 0.319 e. The van der Waals surface area contributed by atoms with Gasteiger partial charge >= 0.3 is 6.03 Å². The lowest BCUT2D eigenvalue weighted by atomic mass is 10.3. The van der Waals surface area contributed by atoms with Crippen LogP contribution in [-0.2, 0) is 9.84 Å². The average molecular weight is 379 g/mol. The maximum Gasteiger partial charge on any atom is 0.319 e. The summed E-state index contributed by atoms with van der Waals surface area (Å²) >= 11 is 0. The second kappa shape index (κ2) is 8.81. The topological polar surface area (TPSA) is 96.3 Å². The zero-order valence-corrected chi connectivity index (χ0v) is 16.1. The highest BCUT2D eigenvalue weighted by atomic mass is 32.2. The van der Waals surface area contributed by atoms with Crippen molar-refractivity contribution in [3.8, 4) is 5.69 Å². The molecule has 26 heavy (non-hydrogen) atoms. The maximum atomic E-state index is 12.0. The van der Waals surface area contributed by atoms with Crippen molar-refractivity contribution >= 4 is 21.6 Å². The Kier molecular flexibility index (Phi) is 6.76. The lowest BCUT2D eigenvalue weighted by Gasteiger charge is -2.17. The molecule has 0 aliphatic rings. The second-order valence-corrected chi connectivity index (χ2v) is 7.81. The summed E-state index contributed by atoms with van der Waals surface area (Å²) in [6.45, 7) is 7.34. The minimum atomic E-state index is -3.39. The summed E-state index contributed by atoms with van der Waals surface area (Å²) in [5, 5.41) is 9.64. The molecule has 0 fully saturated rings. The number of hydrogen-bond acceptors (Lipinski definition) is 5. The summed E-state index contributed by atoms with van der Waals surface area (Å²) in [6.07, 6.45) is 4.20. The Labute approximate surface area is 154 Å². The molecule has 0 aliphatic carbocycles. The van der Waals surface area contributed by atoms with Gasteiger partial charge in [-0.2, -0.15) is 5.10 Å². The van der Waals surface area contributed by atoms with Crippen LogP contribution < -0.4 is 10.6 Å². The van der Waals surface area contributed by atoms with E-state index in [1.54, 1.807) is 24.4 Å².